The van der Waals surface area contributed by atoms with Gasteiger partial charge in [-0.05, 0) is 38.6 Å². The Labute approximate surface area is 124 Å². The highest BCUT2D eigenvalue weighted by molar-refractivity contribution is 7.89. The van der Waals surface area contributed by atoms with Crippen molar-refractivity contribution in [2.45, 2.75) is 18.2 Å². The van der Waals surface area contributed by atoms with Crippen LogP contribution in [-0.4, -0.2) is 55.8 Å². The minimum absolute atomic E-state index is 0.00115. The van der Waals surface area contributed by atoms with Crippen molar-refractivity contribution in [1.82, 2.24) is 9.21 Å². The van der Waals surface area contributed by atoms with Gasteiger partial charge in [0.25, 0.3) is 5.69 Å². The highest BCUT2D eigenvalue weighted by atomic mass is 32.2. The fraction of sp³-hybridized carbons (Fsp3) is 0.538. The lowest BCUT2D eigenvalue weighted by Gasteiger charge is -2.20. The van der Waals surface area contributed by atoms with Gasteiger partial charge >= 0.3 is 0 Å². The van der Waals surface area contributed by atoms with E-state index in [2.05, 4.69) is 4.90 Å². The lowest BCUT2D eigenvalue weighted by molar-refractivity contribution is -0.385. The number of hydrogen-bond acceptors (Lipinski definition) is 5. The topological polar surface area (TPSA) is 83.8 Å². The Balaban J connectivity index is 2.37. The molecule has 1 aromatic carbocycles. The first-order valence-electron chi connectivity index (χ1n) is 6.75. The predicted octanol–water partition coefficient (Wildman–Crippen LogP) is 1.23. The first-order chi connectivity index (χ1) is 9.80. The van der Waals surface area contributed by atoms with Crippen molar-refractivity contribution in [2.24, 2.45) is 0 Å². The summed E-state index contributed by atoms with van der Waals surface area (Å²) in [6.45, 7) is 4.00. The van der Waals surface area contributed by atoms with E-state index in [-0.39, 0.29) is 10.6 Å². The summed E-state index contributed by atoms with van der Waals surface area (Å²) >= 11 is 0. The van der Waals surface area contributed by atoms with Crippen LogP contribution in [0.4, 0.5) is 5.69 Å². The number of benzene rings is 1. The predicted molar refractivity (Wildman–Crippen MR) is 78.7 cm³/mol. The molecule has 1 aliphatic heterocycles. The van der Waals surface area contributed by atoms with Crippen molar-refractivity contribution in [3.05, 3.63) is 33.9 Å². The van der Waals surface area contributed by atoms with Crippen molar-refractivity contribution >= 4 is 15.7 Å². The van der Waals surface area contributed by atoms with Crippen molar-refractivity contribution in [1.29, 1.82) is 0 Å². The van der Waals surface area contributed by atoms with E-state index in [0.29, 0.717) is 25.2 Å². The van der Waals surface area contributed by atoms with E-state index in [0.717, 1.165) is 19.0 Å². The Bertz CT molecular complexity index is 645. The molecule has 116 valence electrons. The van der Waals surface area contributed by atoms with Gasteiger partial charge in [-0.25, -0.2) is 8.42 Å². The van der Waals surface area contributed by atoms with E-state index in [4.69, 9.17) is 0 Å². The van der Waals surface area contributed by atoms with E-state index in [1.54, 1.807) is 6.92 Å². The summed E-state index contributed by atoms with van der Waals surface area (Å²) in [6, 6.07) is 3.99. The second-order valence-electron chi connectivity index (χ2n) is 5.32. The number of hydrogen-bond donors (Lipinski definition) is 0. The lowest BCUT2D eigenvalue weighted by atomic mass is 10.2. The Kier molecular flexibility index (Phi) is 4.60. The fourth-order valence-electron chi connectivity index (χ4n) is 2.40. The molecule has 0 spiro atoms. The lowest BCUT2D eigenvalue weighted by Crippen LogP contribution is -2.34. The number of nitrogens with zero attached hydrogens (tertiary/aromatic N) is 3. The van der Waals surface area contributed by atoms with Gasteiger partial charge in [-0.1, -0.05) is 0 Å². The Morgan fingerprint density at radius 3 is 2.52 bits per heavy atom. The Morgan fingerprint density at radius 2 is 1.86 bits per heavy atom. The van der Waals surface area contributed by atoms with Crippen LogP contribution in [-0.2, 0) is 10.0 Å². The maximum Gasteiger partial charge on any atom is 0.271 e. The minimum atomic E-state index is -3.69. The molecule has 1 aliphatic rings. The zero-order valence-corrected chi connectivity index (χ0v) is 13.0. The number of non-ortho nitro benzene ring substituents is 1. The van der Waals surface area contributed by atoms with Gasteiger partial charge in [0.15, 0.2) is 0 Å². The second-order valence-corrected chi connectivity index (χ2v) is 7.26. The van der Waals surface area contributed by atoms with E-state index in [1.807, 2.05) is 7.05 Å². The molecular weight excluding hydrogens is 294 g/mol. The van der Waals surface area contributed by atoms with Crippen LogP contribution in [0.25, 0.3) is 0 Å². The highest BCUT2D eigenvalue weighted by Gasteiger charge is 2.27. The minimum Gasteiger partial charge on any atom is -0.305 e. The van der Waals surface area contributed by atoms with Gasteiger partial charge in [0.2, 0.25) is 10.0 Å². The highest BCUT2D eigenvalue weighted by Crippen LogP contribution is 2.24. The quantitative estimate of drug-likeness (QED) is 0.619. The average molecular weight is 313 g/mol. The molecule has 8 heteroatoms. The number of rotatable bonds is 3. The molecule has 0 unspecified atom stereocenters. The molecule has 1 fully saturated rings. The number of aryl methyl sites for hydroxylation is 1. The molecule has 0 N–H and O–H groups in total. The van der Waals surface area contributed by atoms with Crippen molar-refractivity contribution in [2.75, 3.05) is 33.2 Å². The SMILES string of the molecule is Cc1cc([N+](=O)[O-])cc(S(=O)(=O)N2CCCN(C)CC2)c1. The summed E-state index contributed by atoms with van der Waals surface area (Å²) < 4.78 is 26.7. The molecule has 1 heterocycles. The molecule has 1 aromatic rings. The molecule has 7 nitrogen and oxygen atoms in total. The van der Waals surface area contributed by atoms with Crippen LogP contribution in [0.3, 0.4) is 0 Å². The molecule has 0 aromatic heterocycles. The number of nitro benzene ring substituents is 1. The third-order valence-corrected chi connectivity index (χ3v) is 5.44. The molecule has 21 heavy (non-hydrogen) atoms. The normalized spacial score (nSPS) is 18.4. The van der Waals surface area contributed by atoms with Crippen LogP contribution in [0, 0.1) is 17.0 Å². The first-order valence-corrected chi connectivity index (χ1v) is 8.19. The smallest absolute Gasteiger partial charge is 0.271 e. The molecule has 0 aliphatic carbocycles. The Morgan fingerprint density at radius 1 is 1.14 bits per heavy atom. The maximum absolute atomic E-state index is 12.7. The average Bonchev–Trinajstić information content (AvgIpc) is 2.63. The van der Waals surface area contributed by atoms with Gasteiger partial charge in [-0.2, -0.15) is 4.31 Å². The van der Waals surface area contributed by atoms with E-state index < -0.39 is 14.9 Å². The fourth-order valence-corrected chi connectivity index (χ4v) is 3.99. The van der Waals surface area contributed by atoms with Crippen LogP contribution in [0.15, 0.2) is 23.1 Å². The van der Waals surface area contributed by atoms with Gasteiger partial charge in [0.1, 0.15) is 0 Å². The second kappa shape index (κ2) is 6.08. The standard InChI is InChI=1S/C13H19N3O4S/c1-11-8-12(16(17)18)10-13(9-11)21(19,20)15-5-3-4-14(2)6-7-15/h8-10H,3-7H2,1-2H3. The molecule has 0 amide bonds. The van der Waals surface area contributed by atoms with Crippen LogP contribution in [0.5, 0.6) is 0 Å². The van der Waals surface area contributed by atoms with Crippen LogP contribution in [0.2, 0.25) is 0 Å². The van der Waals surface area contributed by atoms with Gasteiger partial charge < -0.3 is 4.90 Å². The number of nitro groups is 1. The summed E-state index contributed by atoms with van der Waals surface area (Å²) in [7, 11) is -1.73. The van der Waals surface area contributed by atoms with Crippen molar-refractivity contribution in [3.63, 3.8) is 0 Å². The van der Waals surface area contributed by atoms with E-state index >= 15 is 0 Å². The number of sulfonamides is 1. The zero-order chi connectivity index (χ0) is 15.6. The van der Waals surface area contributed by atoms with Gasteiger partial charge in [-0.3, -0.25) is 10.1 Å². The molecular formula is C13H19N3O4S. The molecule has 0 saturated carbocycles. The van der Waals surface area contributed by atoms with Gasteiger partial charge in [0, 0.05) is 31.8 Å². The zero-order valence-electron chi connectivity index (χ0n) is 12.2. The summed E-state index contributed by atoms with van der Waals surface area (Å²) in [6.07, 6.45) is 0.754. The summed E-state index contributed by atoms with van der Waals surface area (Å²) in [5.74, 6) is 0. The Hall–Kier alpha value is -1.51. The third-order valence-electron chi connectivity index (χ3n) is 3.56. The van der Waals surface area contributed by atoms with Gasteiger partial charge in [-0.15, -0.1) is 0 Å². The van der Waals surface area contributed by atoms with E-state index in [9.17, 15) is 18.5 Å². The molecule has 0 atom stereocenters. The van der Waals surface area contributed by atoms with Crippen LogP contribution < -0.4 is 0 Å². The first kappa shape index (κ1) is 15.9. The molecule has 2 rings (SSSR count). The van der Waals surface area contributed by atoms with Crippen LogP contribution >= 0.6 is 0 Å². The van der Waals surface area contributed by atoms with Crippen molar-refractivity contribution in [3.8, 4) is 0 Å². The monoisotopic (exact) mass is 313 g/mol. The summed E-state index contributed by atoms with van der Waals surface area (Å²) in [4.78, 5) is 12.4. The van der Waals surface area contributed by atoms with Crippen molar-refractivity contribution < 1.29 is 13.3 Å². The maximum atomic E-state index is 12.7. The van der Waals surface area contributed by atoms with Crippen LogP contribution in [0.1, 0.15) is 12.0 Å². The summed E-state index contributed by atoms with van der Waals surface area (Å²) in [5, 5.41) is 10.9. The summed E-state index contributed by atoms with van der Waals surface area (Å²) in [5.41, 5.74) is 0.371. The molecule has 1 saturated heterocycles. The third kappa shape index (κ3) is 3.58. The van der Waals surface area contributed by atoms with Gasteiger partial charge in [0.05, 0.1) is 9.82 Å². The molecule has 0 bridgehead atoms. The van der Waals surface area contributed by atoms with E-state index in [1.165, 1.54) is 16.4 Å². The molecule has 0 radical (unpaired) electrons. The largest absolute Gasteiger partial charge is 0.305 e. The number of likely N-dealkylation sites (N-methyl/N-ethyl adjacent to an activating group) is 1.